The maximum atomic E-state index is 12.8. The molecule has 38 heavy (non-hydrogen) atoms. The third-order valence-corrected chi connectivity index (χ3v) is 9.24. The van der Waals surface area contributed by atoms with Crippen LogP contribution in [0.1, 0.15) is 95.1 Å². The summed E-state index contributed by atoms with van der Waals surface area (Å²) in [4.78, 5) is 0. The van der Waals surface area contributed by atoms with Gasteiger partial charge in [0.05, 0.1) is 49.2 Å². The standard InChI is InChI=1S/C13H15BCl2F2O2.C12H24B2O4/c1-12(2)13(3,4)20-14(19-12)7-5-8(15)10(11(17)18)9(16)6-7;1-9(2)10(3,4)16-13(15-9)14-17-11(5,6)12(7,8)18-14/h5-6,11H,1-4H3;1-8H3. The molecule has 0 saturated carbocycles. The van der Waals surface area contributed by atoms with Crippen LogP contribution < -0.4 is 5.46 Å². The maximum absolute atomic E-state index is 12.8. The Hall–Kier alpha value is -0.385. The lowest BCUT2D eigenvalue weighted by atomic mass is 9.49. The summed E-state index contributed by atoms with van der Waals surface area (Å²) in [6, 6.07) is 2.83. The van der Waals surface area contributed by atoms with Crippen molar-refractivity contribution in [3.05, 3.63) is 27.7 Å². The molecule has 0 unspecified atom stereocenters. The van der Waals surface area contributed by atoms with E-state index in [2.05, 4.69) is 0 Å². The summed E-state index contributed by atoms with van der Waals surface area (Å²) in [6.07, 6.45) is -2.72. The van der Waals surface area contributed by atoms with E-state index in [4.69, 9.17) is 51.1 Å². The van der Waals surface area contributed by atoms with Gasteiger partial charge in [-0.3, -0.25) is 0 Å². The van der Waals surface area contributed by atoms with Gasteiger partial charge in [0.2, 0.25) is 0 Å². The van der Waals surface area contributed by atoms with E-state index in [-0.39, 0.29) is 38.0 Å². The molecule has 0 bridgehead atoms. The molecule has 0 N–H and O–H groups in total. The molecule has 3 saturated heterocycles. The van der Waals surface area contributed by atoms with Gasteiger partial charge in [0.25, 0.3) is 6.43 Å². The molecule has 1 aromatic rings. The van der Waals surface area contributed by atoms with Gasteiger partial charge in [0.15, 0.2) is 0 Å². The molecule has 13 heteroatoms. The van der Waals surface area contributed by atoms with Crippen molar-refractivity contribution >= 4 is 49.8 Å². The Morgan fingerprint density at radius 1 is 0.553 bits per heavy atom. The number of rotatable bonds is 3. The highest BCUT2D eigenvalue weighted by Gasteiger charge is 2.63. The Labute approximate surface area is 237 Å². The molecule has 6 nitrogen and oxygen atoms in total. The molecular formula is C25H39B3Cl2F2O6. The Morgan fingerprint density at radius 2 is 0.816 bits per heavy atom. The van der Waals surface area contributed by atoms with Gasteiger partial charge in [-0.15, -0.1) is 0 Å². The first kappa shape index (κ1) is 32.1. The molecule has 3 fully saturated rings. The fraction of sp³-hybridized carbons (Fsp3) is 0.760. The lowest BCUT2D eigenvalue weighted by molar-refractivity contribution is 0.00578. The minimum absolute atomic E-state index is 0.0859. The largest absolute Gasteiger partial charge is 0.494 e. The minimum atomic E-state index is -2.72. The predicted molar refractivity (Wildman–Crippen MR) is 149 cm³/mol. The average molecular weight is 577 g/mol. The zero-order valence-electron chi connectivity index (χ0n) is 24.4. The molecule has 3 heterocycles. The van der Waals surface area contributed by atoms with Crippen LogP contribution in [0, 0.1) is 0 Å². The fourth-order valence-electron chi connectivity index (χ4n) is 3.93. The van der Waals surface area contributed by atoms with Gasteiger partial charge in [-0.25, -0.2) is 8.78 Å². The summed E-state index contributed by atoms with van der Waals surface area (Å²) in [5.41, 5.74) is -2.31. The molecule has 0 spiro atoms. The van der Waals surface area contributed by atoms with Crippen LogP contribution in [0.4, 0.5) is 8.78 Å². The van der Waals surface area contributed by atoms with Crippen molar-refractivity contribution in [3.8, 4) is 0 Å². The minimum Gasteiger partial charge on any atom is -0.405 e. The van der Waals surface area contributed by atoms with Gasteiger partial charge in [0, 0.05) is 0 Å². The van der Waals surface area contributed by atoms with Crippen LogP contribution in [0.25, 0.3) is 0 Å². The fourth-order valence-corrected chi connectivity index (χ4v) is 4.60. The average Bonchev–Trinajstić information content (AvgIpc) is 3.16. The van der Waals surface area contributed by atoms with E-state index < -0.39 is 38.8 Å². The Balaban J connectivity index is 0.000000212. The first-order valence-electron chi connectivity index (χ1n) is 12.8. The predicted octanol–water partition coefficient (Wildman–Crippen LogP) is 6.48. The van der Waals surface area contributed by atoms with Crippen molar-refractivity contribution in [2.24, 2.45) is 0 Å². The summed E-state index contributed by atoms with van der Waals surface area (Å²) in [5, 5.41) is -0.172. The smallest absolute Gasteiger partial charge is 0.405 e. The van der Waals surface area contributed by atoms with Gasteiger partial charge in [-0.2, -0.15) is 0 Å². The Kier molecular flexibility index (Phi) is 8.59. The third-order valence-electron chi connectivity index (χ3n) is 8.61. The first-order valence-corrected chi connectivity index (χ1v) is 13.5. The topological polar surface area (TPSA) is 55.4 Å². The molecule has 0 amide bonds. The van der Waals surface area contributed by atoms with Crippen LogP contribution >= 0.6 is 23.2 Å². The summed E-state index contributed by atoms with van der Waals surface area (Å²) < 4.78 is 61.1. The van der Waals surface area contributed by atoms with Crippen LogP contribution in [-0.4, -0.2) is 54.7 Å². The molecule has 1 aromatic carbocycles. The van der Waals surface area contributed by atoms with Crippen LogP contribution in [0.3, 0.4) is 0 Å². The van der Waals surface area contributed by atoms with E-state index in [1.165, 1.54) is 12.1 Å². The monoisotopic (exact) mass is 576 g/mol. The lowest BCUT2D eigenvalue weighted by Crippen LogP contribution is -2.41. The second-order valence-corrected chi connectivity index (χ2v) is 13.9. The summed E-state index contributed by atoms with van der Waals surface area (Å²) in [6.45, 7) is 23.8. The second-order valence-electron chi connectivity index (χ2n) is 13.0. The number of hydrogen-bond donors (Lipinski definition) is 0. The van der Waals surface area contributed by atoms with E-state index in [1.54, 1.807) is 0 Å². The molecular weight excluding hydrogens is 538 g/mol. The van der Waals surface area contributed by atoms with Crippen molar-refractivity contribution in [3.63, 3.8) is 0 Å². The molecule has 0 radical (unpaired) electrons. The van der Waals surface area contributed by atoms with E-state index in [9.17, 15) is 8.78 Å². The number of hydrogen-bond acceptors (Lipinski definition) is 6. The van der Waals surface area contributed by atoms with Crippen LogP contribution in [-0.2, 0) is 27.9 Å². The SMILES string of the molecule is CC1(C)OB(B2OC(C)(C)C(C)(C)O2)OC1(C)C.CC1(C)OB(c2cc(Cl)c(C(F)F)c(Cl)c2)OC1(C)C. The maximum Gasteiger partial charge on any atom is 0.494 e. The van der Waals surface area contributed by atoms with Crippen molar-refractivity contribution < 1.29 is 36.7 Å². The van der Waals surface area contributed by atoms with Gasteiger partial charge in [-0.1, -0.05) is 23.2 Å². The van der Waals surface area contributed by atoms with Crippen molar-refractivity contribution in [2.75, 3.05) is 0 Å². The van der Waals surface area contributed by atoms with Gasteiger partial charge in [0.1, 0.15) is 0 Å². The molecule has 0 aromatic heterocycles. The highest BCUT2D eigenvalue weighted by Crippen LogP contribution is 2.43. The summed E-state index contributed by atoms with van der Waals surface area (Å²) in [7, 11) is -1.63. The van der Waals surface area contributed by atoms with E-state index in [0.717, 1.165) is 0 Å². The molecule has 4 rings (SSSR count). The van der Waals surface area contributed by atoms with Crippen molar-refractivity contribution in [1.29, 1.82) is 0 Å². The first-order chi connectivity index (χ1) is 16.9. The third kappa shape index (κ3) is 5.96. The van der Waals surface area contributed by atoms with Crippen molar-refractivity contribution in [1.82, 2.24) is 0 Å². The van der Waals surface area contributed by atoms with Crippen molar-refractivity contribution in [2.45, 2.75) is 123 Å². The quantitative estimate of drug-likeness (QED) is 0.384. The number of benzene rings is 1. The lowest BCUT2D eigenvalue weighted by Gasteiger charge is -2.32. The van der Waals surface area contributed by atoms with Gasteiger partial charge >= 0.3 is 21.1 Å². The number of halogens is 4. The second kappa shape index (κ2) is 10.2. The highest BCUT2D eigenvalue weighted by atomic mass is 35.5. The Bertz CT molecular complexity index is 947. The van der Waals surface area contributed by atoms with Crippen LogP contribution in [0.15, 0.2) is 12.1 Å². The highest BCUT2D eigenvalue weighted by molar-refractivity contribution is 7.11. The number of alkyl halides is 2. The molecule has 3 aliphatic heterocycles. The molecule has 3 aliphatic rings. The Morgan fingerprint density at radius 3 is 1.08 bits per heavy atom. The normalized spacial score (nSPS) is 26.1. The van der Waals surface area contributed by atoms with E-state index in [0.29, 0.717) is 5.46 Å². The van der Waals surface area contributed by atoms with Crippen LogP contribution in [0.5, 0.6) is 0 Å². The molecule has 0 atom stereocenters. The molecule has 212 valence electrons. The zero-order chi connectivity index (χ0) is 29.3. The summed E-state index contributed by atoms with van der Waals surface area (Å²) >= 11 is 11.7. The van der Waals surface area contributed by atoms with Gasteiger partial charge < -0.3 is 27.9 Å². The van der Waals surface area contributed by atoms with E-state index >= 15 is 0 Å². The zero-order valence-corrected chi connectivity index (χ0v) is 25.9. The van der Waals surface area contributed by atoms with Gasteiger partial charge in [-0.05, 0) is 101 Å². The van der Waals surface area contributed by atoms with Crippen LogP contribution in [0.2, 0.25) is 10.0 Å². The van der Waals surface area contributed by atoms with E-state index in [1.807, 2.05) is 83.1 Å². The summed E-state index contributed by atoms with van der Waals surface area (Å²) in [5.74, 6) is 0. The molecule has 0 aliphatic carbocycles.